The largest absolute Gasteiger partial charge is 0.354 e. The molecule has 2 aliphatic rings. The molecule has 0 saturated carbocycles. The van der Waals surface area contributed by atoms with Crippen LogP contribution in [-0.4, -0.2) is 34.1 Å². The summed E-state index contributed by atoms with van der Waals surface area (Å²) in [6.07, 6.45) is 8.65. The number of terminal acetylenes is 1. The van der Waals surface area contributed by atoms with Crippen molar-refractivity contribution in [2.45, 2.75) is 44.7 Å². The molecular weight excluding hydrogens is 436 g/mol. The number of nitrogens with one attached hydrogen (secondary N) is 1. The number of H-pyrrole nitrogens is 1. The first-order chi connectivity index (χ1) is 16.5. The van der Waals surface area contributed by atoms with Gasteiger partial charge >= 0.3 is 0 Å². The number of nitrogens with zero attached hydrogens (tertiary/aromatic N) is 4. The zero-order valence-electron chi connectivity index (χ0n) is 18.7. The van der Waals surface area contributed by atoms with E-state index in [1.54, 1.807) is 4.90 Å². The average Bonchev–Trinajstić information content (AvgIpc) is 3.50. The standard InChI is InChI=1S/C26H23F2N5O/c1-3-5-6-18-13-20-19-11-17(27)12-21(28)24(19)30-25(20)26(33(18)23(34)4-2)16-9-7-15(8-10-16)22-14-29-32-31-22/h2,7-12,18,26,30H,3,5-6,13-14H2,1H3/t18-,26-/m0/s1. The van der Waals surface area contributed by atoms with Crippen LogP contribution in [-0.2, 0) is 11.2 Å². The van der Waals surface area contributed by atoms with Crippen LogP contribution in [0.25, 0.3) is 10.9 Å². The number of halogens is 2. The SMILES string of the molecule is C#CC(=O)N1[C@@H](CCCC)Cc2c([nH]c3c(F)cc(F)cc23)[C@@H]1c1ccc(C2=NN=NC2)cc1. The zero-order chi connectivity index (χ0) is 23.8. The first kappa shape index (κ1) is 22.0. The Morgan fingerprint density at radius 3 is 2.74 bits per heavy atom. The highest BCUT2D eigenvalue weighted by molar-refractivity contribution is 6.02. The number of carbonyl (C=O) groups is 1. The molecule has 0 aliphatic carbocycles. The summed E-state index contributed by atoms with van der Waals surface area (Å²) in [7, 11) is 0. The van der Waals surface area contributed by atoms with Crippen LogP contribution >= 0.6 is 0 Å². The van der Waals surface area contributed by atoms with Gasteiger partial charge in [0.05, 0.1) is 17.3 Å². The quantitative estimate of drug-likeness (QED) is 0.518. The molecule has 34 heavy (non-hydrogen) atoms. The third-order valence-electron chi connectivity index (χ3n) is 6.61. The summed E-state index contributed by atoms with van der Waals surface area (Å²) in [6.45, 7) is 2.50. The molecule has 8 heteroatoms. The topological polar surface area (TPSA) is 73.2 Å². The fourth-order valence-electron chi connectivity index (χ4n) is 5.02. The van der Waals surface area contributed by atoms with Crippen LogP contribution in [0.15, 0.2) is 51.8 Å². The summed E-state index contributed by atoms with van der Waals surface area (Å²) in [5.41, 5.74) is 4.17. The van der Waals surface area contributed by atoms with Crippen molar-refractivity contribution in [3.05, 3.63) is 70.4 Å². The highest BCUT2D eigenvalue weighted by atomic mass is 19.1. The Labute approximate surface area is 195 Å². The highest BCUT2D eigenvalue weighted by Gasteiger charge is 2.40. The maximum atomic E-state index is 14.7. The molecule has 0 spiro atoms. The van der Waals surface area contributed by atoms with E-state index in [0.717, 1.165) is 47.7 Å². The molecule has 0 bridgehead atoms. The minimum Gasteiger partial charge on any atom is -0.354 e. The minimum atomic E-state index is -0.662. The lowest BCUT2D eigenvalue weighted by Crippen LogP contribution is -2.47. The molecule has 2 aromatic carbocycles. The number of hydrogen-bond donors (Lipinski definition) is 1. The lowest BCUT2D eigenvalue weighted by atomic mass is 9.85. The van der Waals surface area contributed by atoms with E-state index in [4.69, 9.17) is 6.42 Å². The van der Waals surface area contributed by atoms with Crippen molar-refractivity contribution < 1.29 is 13.6 Å². The summed E-state index contributed by atoms with van der Waals surface area (Å²) in [6, 6.07) is 9.10. The van der Waals surface area contributed by atoms with Gasteiger partial charge in [-0.25, -0.2) is 8.78 Å². The molecule has 1 N–H and O–H groups in total. The number of rotatable bonds is 5. The Balaban J connectivity index is 1.68. The monoisotopic (exact) mass is 459 g/mol. The van der Waals surface area contributed by atoms with Gasteiger partial charge in [0.25, 0.3) is 5.91 Å². The Kier molecular flexibility index (Phi) is 5.70. The number of fused-ring (bicyclic) bond motifs is 3. The van der Waals surface area contributed by atoms with E-state index in [1.807, 2.05) is 24.3 Å². The van der Waals surface area contributed by atoms with E-state index in [1.165, 1.54) is 6.07 Å². The molecule has 0 saturated heterocycles. The van der Waals surface area contributed by atoms with Gasteiger partial charge in [0.2, 0.25) is 0 Å². The van der Waals surface area contributed by atoms with Crippen LogP contribution in [0.3, 0.4) is 0 Å². The van der Waals surface area contributed by atoms with Crippen molar-refractivity contribution in [1.82, 2.24) is 9.88 Å². The van der Waals surface area contributed by atoms with E-state index >= 15 is 0 Å². The van der Waals surface area contributed by atoms with Crippen molar-refractivity contribution in [3.63, 3.8) is 0 Å². The van der Waals surface area contributed by atoms with Crippen LogP contribution in [0.1, 0.15) is 54.6 Å². The van der Waals surface area contributed by atoms with Gasteiger partial charge in [0.15, 0.2) is 0 Å². The van der Waals surface area contributed by atoms with Gasteiger partial charge in [-0.3, -0.25) is 4.79 Å². The minimum absolute atomic E-state index is 0.192. The van der Waals surface area contributed by atoms with Crippen LogP contribution in [0, 0.1) is 24.0 Å². The fourth-order valence-corrected chi connectivity index (χ4v) is 5.02. The van der Waals surface area contributed by atoms with Crippen molar-refractivity contribution >= 4 is 22.5 Å². The molecule has 0 fully saturated rings. The molecule has 3 heterocycles. The van der Waals surface area contributed by atoms with Crippen LogP contribution < -0.4 is 0 Å². The first-order valence-electron chi connectivity index (χ1n) is 11.3. The lowest BCUT2D eigenvalue weighted by Gasteiger charge is -2.41. The summed E-state index contributed by atoms with van der Waals surface area (Å²) in [4.78, 5) is 17.9. The molecule has 6 nitrogen and oxygen atoms in total. The molecule has 5 rings (SSSR count). The van der Waals surface area contributed by atoms with E-state index in [-0.39, 0.29) is 11.6 Å². The number of unbranched alkanes of at least 4 members (excludes halogenated alkanes) is 1. The van der Waals surface area contributed by atoms with E-state index in [9.17, 15) is 13.6 Å². The second-order valence-corrected chi connectivity index (χ2v) is 8.64. The van der Waals surface area contributed by atoms with Crippen LogP contribution in [0.2, 0.25) is 0 Å². The molecule has 2 atom stereocenters. The second kappa shape index (κ2) is 8.82. The first-order valence-corrected chi connectivity index (χ1v) is 11.3. The van der Waals surface area contributed by atoms with Gasteiger partial charge in [-0.1, -0.05) is 44.0 Å². The number of aromatic nitrogens is 1. The van der Waals surface area contributed by atoms with E-state index in [2.05, 4.69) is 33.3 Å². The number of carbonyl (C=O) groups excluding carboxylic acids is 1. The van der Waals surface area contributed by atoms with Gasteiger partial charge in [-0.2, -0.15) is 5.11 Å². The van der Waals surface area contributed by atoms with Crippen LogP contribution in [0.5, 0.6) is 0 Å². The third-order valence-corrected chi connectivity index (χ3v) is 6.61. The molecule has 0 radical (unpaired) electrons. The normalized spacial score (nSPS) is 19.2. The Hall–Kier alpha value is -3.86. The van der Waals surface area contributed by atoms with Gasteiger partial charge in [-0.15, -0.1) is 11.5 Å². The Morgan fingerprint density at radius 2 is 2.06 bits per heavy atom. The maximum absolute atomic E-state index is 14.7. The summed E-state index contributed by atoms with van der Waals surface area (Å²) < 4.78 is 28.8. The predicted molar refractivity (Wildman–Crippen MR) is 125 cm³/mol. The van der Waals surface area contributed by atoms with Gasteiger partial charge < -0.3 is 9.88 Å². The molecule has 2 aliphatic heterocycles. The third kappa shape index (κ3) is 3.67. The lowest BCUT2D eigenvalue weighted by molar-refractivity contribution is -0.130. The molecule has 0 unspecified atom stereocenters. The molecule has 1 aromatic heterocycles. The number of benzene rings is 2. The maximum Gasteiger partial charge on any atom is 0.299 e. The fraction of sp³-hybridized carbons (Fsp3) is 0.308. The van der Waals surface area contributed by atoms with Crippen molar-refractivity contribution in [3.8, 4) is 12.3 Å². The summed E-state index contributed by atoms with van der Waals surface area (Å²) >= 11 is 0. The van der Waals surface area contributed by atoms with Crippen molar-refractivity contribution in [2.75, 3.05) is 6.54 Å². The molecule has 1 amide bonds. The molecule has 3 aromatic rings. The number of hydrogen-bond acceptors (Lipinski definition) is 4. The van der Waals surface area contributed by atoms with E-state index in [0.29, 0.717) is 24.0 Å². The van der Waals surface area contributed by atoms with Crippen LogP contribution in [0.4, 0.5) is 8.78 Å². The Bertz CT molecular complexity index is 1370. The van der Waals surface area contributed by atoms with Gasteiger partial charge in [-0.05, 0) is 46.7 Å². The predicted octanol–water partition coefficient (Wildman–Crippen LogP) is 5.28. The molecule has 172 valence electrons. The van der Waals surface area contributed by atoms with Crippen molar-refractivity contribution in [1.29, 1.82) is 0 Å². The Morgan fingerprint density at radius 1 is 1.26 bits per heavy atom. The number of aromatic amines is 1. The molecular formula is C26H23F2N5O. The van der Waals surface area contributed by atoms with Gasteiger partial charge in [0, 0.05) is 23.2 Å². The average molecular weight is 460 g/mol. The number of amides is 1. The van der Waals surface area contributed by atoms with Gasteiger partial charge in [0.1, 0.15) is 18.2 Å². The summed E-state index contributed by atoms with van der Waals surface area (Å²) in [5, 5.41) is 12.1. The second-order valence-electron chi connectivity index (χ2n) is 8.64. The highest BCUT2D eigenvalue weighted by Crippen LogP contribution is 2.42. The zero-order valence-corrected chi connectivity index (χ0v) is 18.7. The van der Waals surface area contributed by atoms with Crippen molar-refractivity contribution in [2.24, 2.45) is 15.4 Å². The van der Waals surface area contributed by atoms with E-state index < -0.39 is 23.6 Å². The summed E-state index contributed by atoms with van der Waals surface area (Å²) in [5.74, 6) is 0.557. The smallest absolute Gasteiger partial charge is 0.299 e.